The highest BCUT2D eigenvalue weighted by molar-refractivity contribution is 6.04. The molecule has 0 bridgehead atoms. The standard InChI is InChI=1S/C20H23N2O3/c1-2-3-4-8-15-24-17-11-13-18(14-12-17)25-20(23)22-19(21)16-9-6-5-7-10-16/h6-7,9-14H,2-4,8,15H2,1H3,(H2,21,22,23). The average molecular weight is 339 g/mol. The molecule has 0 aliphatic carbocycles. The number of hydrogen-bond donors (Lipinski definition) is 2. The number of nitrogens with one attached hydrogen (secondary N) is 2. The van der Waals surface area contributed by atoms with Crippen LogP contribution in [0.15, 0.2) is 48.5 Å². The summed E-state index contributed by atoms with van der Waals surface area (Å²) in [7, 11) is 0. The Hall–Kier alpha value is -2.82. The lowest BCUT2D eigenvalue weighted by Crippen LogP contribution is -2.32. The van der Waals surface area contributed by atoms with Crippen molar-refractivity contribution in [3.05, 3.63) is 60.2 Å². The maximum Gasteiger partial charge on any atom is 0.418 e. The van der Waals surface area contributed by atoms with Gasteiger partial charge in [0.15, 0.2) is 0 Å². The van der Waals surface area contributed by atoms with Crippen molar-refractivity contribution in [3.8, 4) is 11.5 Å². The molecule has 2 rings (SSSR count). The van der Waals surface area contributed by atoms with Crippen LogP contribution in [0.4, 0.5) is 4.79 Å². The molecule has 0 saturated heterocycles. The van der Waals surface area contributed by atoms with E-state index in [0.717, 1.165) is 12.2 Å². The van der Waals surface area contributed by atoms with Crippen LogP contribution in [0.25, 0.3) is 0 Å². The van der Waals surface area contributed by atoms with Gasteiger partial charge in [0.05, 0.1) is 6.61 Å². The van der Waals surface area contributed by atoms with Crippen molar-refractivity contribution in [3.63, 3.8) is 0 Å². The molecule has 131 valence electrons. The molecule has 0 heterocycles. The first-order valence-electron chi connectivity index (χ1n) is 8.46. The highest BCUT2D eigenvalue weighted by Crippen LogP contribution is 2.18. The quantitative estimate of drug-likeness (QED) is 0.421. The topological polar surface area (TPSA) is 71.4 Å². The van der Waals surface area contributed by atoms with Crippen molar-refractivity contribution in [1.29, 1.82) is 5.41 Å². The molecule has 2 N–H and O–H groups in total. The number of unbranched alkanes of at least 4 members (excludes halogenated alkanes) is 3. The third-order valence-corrected chi connectivity index (χ3v) is 3.53. The molecule has 2 aromatic carbocycles. The minimum Gasteiger partial charge on any atom is -0.494 e. The van der Waals surface area contributed by atoms with Crippen LogP contribution in [0.1, 0.15) is 38.2 Å². The summed E-state index contributed by atoms with van der Waals surface area (Å²) in [5.41, 5.74) is 0.586. The van der Waals surface area contributed by atoms with Crippen LogP contribution in [0.2, 0.25) is 0 Å². The van der Waals surface area contributed by atoms with Crippen molar-refractivity contribution in [2.24, 2.45) is 0 Å². The fourth-order valence-corrected chi connectivity index (χ4v) is 2.18. The highest BCUT2D eigenvalue weighted by atomic mass is 16.6. The summed E-state index contributed by atoms with van der Waals surface area (Å²) >= 11 is 0. The lowest BCUT2D eigenvalue weighted by molar-refractivity contribution is 0.206. The van der Waals surface area contributed by atoms with Gasteiger partial charge in [-0.1, -0.05) is 50.5 Å². The molecular formula is C20H23N2O3. The molecule has 0 aliphatic rings. The zero-order valence-corrected chi connectivity index (χ0v) is 14.4. The Bertz CT molecular complexity index is 669. The van der Waals surface area contributed by atoms with Gasteiger partial charge in [-0.2, -0.15) is 0 Å². The van der Waals surface area contributed by atoms with Gasteiger partial charge in [-0.05, 0) is 36.8 Å². The third-order valence-electron chi connectivity index (χ3n) is 3.53. The molecular weight excluding hydrogens is 316 g/mol. The molecule has 25 heavy (non-hydrogen) atoms. The van der Waals surface area contributed by atoms with Crippen LogP contribution in [-0.2, 0) is 0 Å². The monoisotopic (exact) mass is 339 g/mol. The second-order valence-electron chi connectivity index (χ2n) is 5.56. The molecule has 1 radical (unpaired) electrons. The first-order chi connectivity index (χ1) is 12.2. The Balaban J connectivity index is 1.76. The van der Waals surface area contributed by atoms with Crippen LogP contribution in [0.3, 0.4) is 0 Å². The number of rotatable bonds is 8. The number of amides is 1. The zero-order chi connectivity index (χ0) is 17.9. The van der Waals surface area contributed by atoms with Gasteiger partial charge in [-0.15, -0.1) is 0 Å². The van der Waals surface area contributed by atoms with E-state index >= 15 is 0 Å². The maximum absolute atomic E-state index is 11.8. The van der Waals surface area contributed by atoms with Gasteiger partial charge >= 0.3 is 6.09 Å². The molecule has 0 atom stereocenters. The molecule has 0 saturated carbocycles. The van der Waals surface area contributed by atoms with E-state index in [1.54, 1.807) is 48.5 Å². The average Bonchev–Trinajstić information content (AvgIpc) is 2.63. The Morgan fingerprint density at radius 3 is 2.40 bits per heavy atom. The number of ether oxygens (including phenoxy) is 2. The van der Waals surface area contributed by atoms with E-state index in [-0.39, 0.29) is 5.84 Å². The second-order valence-corrected chi connectivity index (χ2v) is 5.56. The van der Waals surface area contributed by atoms with Gasteiger partial charge in [0.25, 0.3) is 0 Å². The van der Waals surface area contributed by atoms with Crippen molar-refractivity contribution < 1.29 is 14.3 Å². The van der Waals surface area contributed by atoms with Crippen LogP contribution >= 0.6 is 0 Å². The van der Waals surface area contributed by atoms with Crippen LogP contribution in [0.5, 0.6) is 11.5 Å². The van der Waals surface area contributed by atoms with Crippen LogP contribution in [-0.4, -0.2) is 18.5 Å². The van der Waals surface area contributed by atoms with Crippen LogP contribution in [0, 0.1) is 11.5 Å². The Morgan fingerprint density at radius 1 is 1.04 bits per heavy atom. The van der Waals surface area contributed by atoms with Gasteiger partial charge in [0.1, 0.15) is 17.3 Å². The smallest absolute Gasteiger partial charge is 0.418 e. The van der Waals surface area contributed by atoms with E-state index in [4.69, 9.17) is 14.9 Å². The first kappa shape index (κ1) is 18.5. The molecule has 0 spiro atoms. The molecule has 5 nitrogen and oxygen atoms in total. The molecule has 0 aliphatic heterocycles. The summed E-state index contributed by atoms with van der Waals surface area (Å²) < 4.78 is 10.8. The van der Waals surface area contributed by atoms with Gasteiger partial charge < -0.3 is 9.47 Å². The summed E-state index contributed by atoms with van der Waals surface area (Å²) in [6.45, 7) is 2.86. The zero-order valence-electron chi connectivity index (χ0n) is 14.4. The lowest BCUT2D eigenvalue weighted by Gasteiger charge is -2.09. The SMILES string of the molecule is CCCCCCOc1ccc(OC(=O)NC(=N)c2cc[c]cc2)cc1. The molecule has 5 heteroatoms. The van der Waals surface area contributed by atoms with Gasteiger partial charge in [-0.25, -0.2) is 4.79 Å². The summed E-state index contributed by atoms with van der Waals surface area (Å²) in [6.07, 6.45) is 3.93. The molecule has 2 aromatic rings. The molecule has 1 amide bonds. The molecule has 0 aromatic heterocycles. The Kier molecular flexibility index (Phi) is 7.50. The third kappa shape index (κ3) is 6.67. The van der Waals surface area contributed by atoms with Crippen molar-refractivity contribution in [2.45, 2.75) is 32.6 Å². The number of carbonyl (C=O) groups is 1. The fourth-order valence-electron chi connectivity index (χ4n) is 2.18. The van der Waals surface area contributed by atoms with E-state index in [1.165, 1.54) is 19.3 Å². The minimum atomic E-state index is -0.703. The van der Waals surface area contributed by atoms with Gasteiger partial charge in [0.2, 0.25) is 0 Å². The summed E-state index contributed by atoms with van der Waals surface area (Å²) in [5, 5.41) is 10.2. The number of benzene rings is 2. The van der Waals surface area contributed by atoms with E-state index < -0.39 is 6.09 Å². The number of hydrogen-bond acceptors (Lipinski definition) is 4. The lowest BCUT2D eigenvalue weighted by atomic mass is 10.2. The summed E-state index contributed by atoms with van der Waals surface area (Å²) in [6, 6.07) is 16.5. The van der Waals surface area contributed by atoms with E-state index in [9.17, 15) is 4.79 Å². The summed E-state index contributed by atoms with van der Waals surface area (Å²) in [4.78, 5) is 11.8. The normalized spacial score (nSPS) is 10.1. The van der Waals surface area contributed by atoms with Crippen molar-refractivity contribution >= 4 is 11.9 Å². The minimum absolute atomic E-state index is 0.0222. The predicted octanol–water partition coefficient (Wildman–Crippen LogP) is 4.56. The van der Waals surface area contributed by atoms with Crippen molar-refractivity contribution in [1.82, 2.24) is 5.32 Å². The van der Waals surface area contributed by atoms with Gasteiger partial charge in [0, 0.05) is 5.56 Å². The van der Waals surface area contributed by atoms with E-state index in [2.05, 4.69) is 18.3 Å². The Morgan fingerprint density at radius 2 is 1.72 bits per heavy atom. The molecule has 0 fully saturated rings. The second kappa shape index (κ2) is 10.1. The fraction of sp³-hybridized carbons (Fsp3) is 0.300. The molecule has 0 unspecified atom stereocenters. The van der Waals surface area contributed by atoms with Crippen LogP contribution < -0.4 is 14.8 Å². The Labute approximate surface area is 148 Å². The highest BCUT2D eigenvalue weighted by Gasteiger charge is 2.09. The van der Waals surface area contributed by atoms with Gasteiger partial charge in [-0.3, -0.25) is 10.7 Å². The number of amidine groups is 1. The first-order valence-corrected chi connectivity index (χ1v) is 8.46. The van der Waals surface area contributed by atoms with E-state index in [0.29, 0.717) is 17.9 Å². The maximum atomic E-state index is 11.8. The predicted molar refractivity (Wildman–Crippen MR) is 97.3 cm³/mol. The van der Waals surface area contributed by atoms with Crippen molar-refractivity contribution in [2.75, 3.05) is 6.61 Å². The summed E-state index contributed by atoms with van der Waals surface area (Å²) in [5.74, 6) is 1.12. The van der Waals surface area contributed by atoms with E-state index in [1.807, 2.05) is 0 Å². The largest absolute Gasteiger partial charge is 0.494 e. The number of carbonyl (C=O) groups excluding carboxylic acids is 1.